The van der Waals surface area contributed by atoms with Crippen molar-refractivity contribution in [2.75, 3.05) is 6.61 Å². The van der Waals surface area contributed by atoms with E-state index < -0.39 is 22.3 Å². The molecule has 2 rings (SSSR count). The summed E-state index contributed by atoms with van der Waals surface area (Å²) in [7, 11) is 0. The first-order chi connectivity index (χ1) is 12.6. The number of aryl methyl sites for hydroxylation is 1. The minimum absolute atomic E-state index is 0.0452. The lowest BCUT2D eigenvalue weighted by molar-refractivity contribution is -0.383. The van der Waals surface area contributed by atoms with Crippen LogP contribution in [0, 0.1) is 10.1 Å². The highest BCUT2D eigenvalue weighted by atomic mass is 16.6. The van der Waals surface area contributed by atoms with Crippen LogP contribution in [0.4, 0.5) is 5.69 Å². The predicted molar refractivity (Wildman–Crippen MR) is 99.0 cm³/mol. The smallest absolute Gasteiger partial charge is 0.340 e. The molecule has 1 aromatic carbocycles. The van der Waals surface area contributed by atoms with Crippen molar-refractivity contribution < 1.29 is 24.4 Å². The Kier molecular flexibility index (Phi) is 5.78. The van der Waals surface area contributed by atoms with Gasteiger partial charge in [-0.2, -0.15) is 0 Å². The van der Waals surface area contributed by atoms with E-state index in [1.165, 1.54) is 12.1 Å². The number of aliphatic carboxylic acids is 1. The molecule has 0 unspecified atom stereocenters. The fraction of sp³-hybridized carbons (Fsp3) is 0.421. The van der Waals surface area contributed by atoms with Crippen LogP contribution in [0.5, 0.6) is 0 Å². The minimum atomic E-state index is -1.06. The highest BCUT2D eigenvalue weighted by molar-refractivity contribution is 6.02. The van der Waals surface area contributed by atoms with Gasteiger partial charge in [0.05, 0.1) is 33.7 Å². The summed E-state index contributed by atoms with van der Waals surface area (Å²) in [5.74, 6) is -1.72. The third kappa shape index (κ3) is 4.21. The summed E-state index contributed by atoms with van der Waals surface area (Å²) in [6.45, 7) is 7.37. The van der Waals surface area contributed by atoms with Gasteiger partial charge >= 0.3 is 11.9 Å². The fourth-order valence-corrected chi connectivity index (χ4v) is 2.97. The molecule has 0 atom stereocenters. The molecule has 27 heavy (non-hydrogen) atoms. The van der Waals surface area contributed by atoms with Crippen LogP contribution in [0.3, 0.4) is 0 Å². The molecule has 1 N–H and O–H groups in total. The van der Waals surface area contributed by atoms with E-state index in [4.69, 9.17) is 9.84 Å². The van der Waals surface area contributed by atoms with E-state index in [0.717, 1.165) is 0 Å². The zero-order valence-electron chi connectivity index (χ0n) is 15.7. The highest BCUT2D eigenvalue weighted by Crippen LogP contribution is 2.36. The number of aromatic nitrogens is 1. The fourth-order valence-electron chi connectivity index (χ4n) is 2.97. The van der Waals surface area contributed by atoms with Crippen molar-refractivity contribution in [2.45, 2.75) is 46.0 Å². The summed E-state index contributed by atoms with van der Waals surface area (Å²) in [6, 6.07) is 4.46. The van der Waals surface area contributed by atoms with Crippen molar-refractivity contribution in [3.63, 3.8) is 0 Å². The molecule has 144 valence electrons. The van der Waals surface area contributed by atoms with Gasteiger partial charge in [0.1, 0.15) is 0 Å². The van der Waals surface area contributed by atoms with Crippen LogP contribution >= 0.6 is 0 Å². The number of nitrogens with zero attached hydrogens (tertiary/aromatic N) is 2. The number of carbonyl (C=O) groups is 2. The van der Waals surface area contributed by atoms with E-state index in [1.54, 1.807) is 13.0 Å². The molecule has 0 amide bonds. The maximum atomic E-state index is 12.7. The second-order valence-corrected chi connectivity index (χ2v) is 7.11. The largest absolute Gasteiger partial charge is 0.481 e. The van der Waals surface area contributed by atoms with Crippen LogP contribution < -0.4 is 0 Å². The molecule has 1 aromatic heterocycles. The average molecular weight is 374 g/mol. The van der Waals surface area contributed by atoms with Gasteiger partial charge in [-0.1, -0.05) is 26.8 Å². The van der Waals surface area contributed by atoms with Gasteiger partial charge in [0.25, 0.3) is 5.69 Å². The monoisotopic (exact) mass is 374 g/mol. The Balaban J connectivity index is 2.98. The zero-order valence-corrected chi connectivity index (χ0v) is 15.7. The van der Waals surface area contributed by atoms with Crippen LogP contribution in [0.2, 0.25) is 0 Å². The second-order valence-electron chi connectivity index (χ2n) is 7.11. The third-order valence-electron chi connectivity index (χ3n) is 4.07. The molecule has 0 fully saturated rings. The number of nitro benzene ring substituents is 1. The Morgan fingerprint density at radius 2 is 1.96 bits per heavy atom. The first-order valence-corrected chi connectivity index (χ1v) is 8.57. The number of carbonyl (C=O) groups excluding carboxylic acids is 1. The summed E-state index contributed by atoms with van der Waals surface area (Å²) in [5.41, 5.74) is 0.410. The number of carboxylic acids is 1. The molecule has 8 nitrogen and oxygen atoms in total. The molecule has 0 radical (unpaired) electrons. The van der Waals surface area contributed by atoms with E-state index in [1.807, 2.05) is 20.8 Å². The Morgan fingerprint density at radius 3 is 2.48 bits per heavy atom. The topological polar surface area (TPSA) is 120 Å². The van der Waals surface area contributed by atoms with E-state index in [0.29, 0.717) is 11.2 Å². The van der Waals surface area contributed by atoms with Crippen molar-refractivity contribution in [3.8, 4) is 0 Å². The Morgan fingerprint density at radius 1 is 1.30 bits per heavy atom. The van der Waals surface area contributed by atoms with Gasteiger partial charge in [0.15, 0.2) is 0 Å². The van der Waals surface area contributed by atoms with Crippen molar-refractivity contribution >= 4 is 28.5 Å². The Hall–Kier alpha value is -3.03. The van der Waals surface area contributed by atoms with Crippen molar-refractivity contribution in [3.05, 3.63) is 45.1 Å². The molecular weight excluding hydrogens is 352 g/mol. The van der Waals surface area contributed by atoms with Gasteiger partial charge in [-0.25, -0.2) is 4.79 Å². The van der Waals surface area contributed by atoms with E-state index in [9.17, 15) is 19.7 Å². The molecule has 0 bridgehead atoms. The highest BCUT2D eigenvalue weighted by Gasteiger charge is 2.31. The number of nitro groups is 1. The van der Waals surface area contributed by atoms with Crippen LogP contribution in [0.1, 0.15) is 55.7 Å². The lowest BCUT2D eigenvalue weighted by atomic mass is 9.84. The Bertz CT molecular complexity index is 915. The normalized spacial score (nSPS) is 11.4. The maximum absolute atomic E-state index is 12.7. The second kappa shape index (κ2) is 7.69. The molecule has 0 saturated heterocycles. The number of non-ortho nitro benzene ring substituents is 1. The van der Waals surface area contributed by atoms with E-state index in [2.05, 4.69) is 4.98 Å². The standard InChI is InChI=1S/C19H22N2O6/c1-5-27-18(24)16-11(9-10-14(22)23)15-12(20-17(16)19(2,3)4)7-6-8-13(15)21(25)26/h6-8H,5,9-10H2,1-4H3,(H,22,23). The number of fused-ring (bicyclic) bond motifs is 1. The lowest BCUT2D eigenvalue weighted by Crippen LogP contribution is -2.23. The molecule has 0 saturated carbocycles. The SMILES string of the molecule is CCOC(=O)c1c(C(C)(C)C)nc2cccc([N+](=O)[O-])c2c1CCC(=O)O. The van der Waals surface area contributed by atoms with E-state index >= 15 is 0 Å². The van der Waals surface area contributed by atoms with Gasteiger partial charge in [-0.3, -0.25) is 19.9 Å². The molecule has 0 spiro atoms. The molecular formula is C19H22N2O6. The average Bonchev–Trinajstić information content (AvgIpc) is 2.57. The third-order valence-corrected chi connectivity index (χ3v) is 4.07. The van der Waals surface area contributed by atoms with Crippen molar-refractivity contribution in [1.82, 2.24) is 4.98 Å². The number of hydrogen-bond acceptors (Lipinski definition) is 6. The quantitative estimate of drug-likeness (QED) is 0.465. The number of pyridine rings is 1. The zero-order chi connectivity index (χ0) is 20.4. The summed E-state index contributed by atoms with van der Waals surface area (Å²) in [5, 5.41) is 20.8. The predicted octanol–water partition coefficient (Wildman–Crippen LogP) is 3.63. The van der Waals surface area contributed by atoms with Gasteiger partial charge in [-0.05, 0) is 25.0 Å². The van der Waals surface area contributed by atoms with Crippen LogP contribution in [0.15, 0.2) is 18.2 Å². The number of esters is 1. The van der Waals surface area contributed by atoms with Crippen LogP contribution in [-0.4, -0.2) is 33.6 Å². The van der Waals surface area contributed by atoms with Gasteiger partial charge in [0.2, 0.25) is 0 Å². The summed E-state index contributed by atoms with van der Waals surface area (Å²) in [4.78, 5) is 39.4. The maximum Gasteiger partial charge on any atom is 0.340 e. The Labute approximate surface area is 156 Å². The first-order valence-electron chi connectivity index (χ1n) is 8.57. The number of carboxylic acid groups (broad SMARTS) is 1. The molecule has 0 aliphatic rings. The number of rotatable bonds is 6. The van der Waals surface area contributed by atoms with Crippen LogP contribution in [0.25, 0.3) is 10.9 Å². The van der Waals surface area contributed by atoms with E-state index in [-0.39, 0.29) is 41.6 Å². The molecule has 0 aliphatic carbocycles. The molecule has 8 heteroatoms. The van der Waals surface area contributed by atoms with Gasteiger partial charge in [0, 0.05) is 17.9 Å². The van der Waals surface area contributed by atoms with Crippen molar-refractivity contribution in [1.29, 1.82) is 0 Å². The molecule has 1 heterocycles. The number of ether oxygens (including phenoxy) is 1. The lowest BCUT2D eigenvalue weighted by Gasteiger charge is -2.24. The summed E-state index contributed by atoms with van der Waals surface area (Å²) >= 11 is 0. The molecule has 0 aliphatic heterocycles. The summed E-state index contributed by atoms with van der Waals surface area (Å²) < 4.78 is 5.16. The minimum Gasteiger partial charge on any atom is -0.481 e. The van der Waals surface area contributed by atoms with Gasteiger partial charge < -0.3 is 9.84 Å². The number of benzene rings is 1. The van der Waals surface area contributed by atoms with Crippen molar-refractivity contribution in [2.24, 2.45) is 0 Å². The summed E-state index contributed by atoms with van der Waals surface area (Å²) in [6.07, 6.45) is -0.322. The van der Waals surface area contributed by atoms with Gasteiger partial charge in [-0.15, -0.1) is 0 Å². The molecule has 2 aromatic rings. The number of hydrogen-bond donors (Lipinski definition) is 1. The van der Waals surface area contributed by atoms with Crippen LogP contribution in [-0.2, 0) is 21.4 Å². The first kappa shape index (κ1) is 20.3.